The molecule has 5 nitrogen and oxygen atoms in total. The van der Waals surface area contributed by atoms with E-state index in [1.54, 1.807) is 22.2 Å². The van der Waals surface area contributed by atoms with E-state index in [0.717, 1.165) is 10.2 Å². The van der Waals surface area contributed by atoms with Crippen LogP contribution < -0.4 is 0 Å². The summed E-state index contributed by atoms with van der Waals surface area (Å²) in [5.41, 5.74) is 1.49. The van der Waals surface area contributed by atoms with E-state index in [2.05, 4.69) is 31.5 Å². The minimum atomic E-state index is -0.0717. The van der Waals surface area contributed by atoms with Crippen LogP contribution in [0, 0.1) is 0 Å². The van der Waals surface area contributed by atoms with Gasteiger partial charge >= 0.3 is 0 Å². The topological polar surface area (TPSA) is 60.7 Å². The molecule has 0 amide bonds. The molecule has 114 valence electrons. The van der Waals surface area contributed by atoms with Gasteiger partial charge in [0.25, 0.3) is 0 Å². The molecule has 0 fully saturated rings. The molecule has 2 aromatic carbocycles. The monoisotopic (exact) mass is 386 g/mol. The lowest BCUT2D eigenvalue weighted by molar-refractivity contribution is 0.104. The zero-order valence-electron chi connectivity index (χ0n) is 11.8. The first-order valence-corrected chi connectivity index (χ1v) is 8.38. The van der Waals surface area contributed by atoms with Crippen molar-refractivity contribution in [3.63, 3.8) is 0 Å². The van der Waals surface area contributed by atoms with Gasteiger partial charge in [-0.15, -0.1) is 5.10 Å². The molecule has 0 bridgehead atoms. The third-order valence-electron chi connectivity index (χ3n) is 2.94. The average molecular weight is 387 g/mol. The summed E-state index contributed by atoms with van der Waals surface area (Å²) in [7, 11) is 0. The van der Waals surface area contributed by atoms with Gasteiger partial charge in [0, 0.05) is 10.0 Å². The first-order chi connectivity index (χ1) is 11.2. The van der Waals surface area contributed by atoms with Gasteiger partial charge in [0.1, 0.15) is 0 Å². The molecule has 0 atom stereocenters. The number of benzene rings is 2. The first kappa shape index (κ1) is 15.6. The molecular weight excluding hydrogens is 376 g/mol. The lowest BCUT2D eigenvalue weighted by Gasteiger charge is -2.01. The van der Waals surface area contributed by atoms with Crippen LogP contribution in [-0.4, -0.2) is 26.0 Å². The fourth-order valence-corrected chi connectivity index (χ4v) is 2.92. The second-order valence-electron chi connectivity index (χ2n) is 4.50. The standard InChI is InChI=1S/C16H11BrN4OS/c17-13-6-4-5-12(11-13)15(22)9-10-23-16-18-19-20-21(16)14-7-2-1-3-8-14/h1-11H. The number of thioether (sulfide) groups is 1. The van der Waals surface area contributed by atoms with Crippen LogP contribution in [0.2, 0.25) is 0 Å². The maximum absolute atomic E-state index is 12.1. The predicted octanol–water partition coefficient (Wildman–Crippen LogP) is 3.91. The van der Waals surface area contributed by atoms with Crippen LogP contribution in [-0.2, 0) is 0 Å². The number of carbonyl (C=O) groups excluding carboxylic acids is 1. The highest BCUT2D eigenvalue weighted by Crippen LogP contribution is 2.19. The second kappa shape index (κ2) is 7.34. The Kier molecular flexibility index (Phi) is 4.99. The Morgan fingerprint density at radius 1 is 1.13 bits per heavy atom. The molecule has 23 heavy (non-hydrogen) atoms. The average Bonchev–Trinajstić information content (AvgIpc) is 3.04. The summed E-state index contributed by atoms with van der Waals surface area (Å²) in [5, 5.41) is 13.9. The zero-order valence-corrected chi connectivity index (χ0v) is 14.2. The smallest absolute Gasteiger partial charge is 0.218 e. The Morgan fingerprint density at radius 2 is 1.96 bits per heavy atom. The number of rotatable bonds is 5. The summed E-state index contributed by atoms with van der Waals surface area (Å²) in [4.78, 5) is 12.1. The van der Waals surface area contributed by atoms with Crippen LogP contribution in [0.15, 0.2) is 75.7 Å². The van der Waals surface area contributed by atoms with Gasteiger partial charge in [0.05, 0.1) is 5.69 Å². The number of aromatic nitrogens is 4. The summed E-state index contributed by atoms with van der Waals surface area (Å²) in [6.07, 6.45) is 1.51. The van der Waals surface area contributed by atoms with Gasteiger partial charge in [0.15, 0.2) is 5.78 Å². The van der Waals surface area contributed by atoms with Crippen molar-refractivity contribution < 1.29 is 4.79 Å². The molecule has 3 rings (SSSR count). The van der Waals surface area contributed by atoms with Crippen molar-refractivity contribution in [2.24, 2.45) is 0 Å². The number of nitrogens with zero attached hydrogens (tertiary/aromatic N) is 4. The molecule has 1 heterocycles. The van der Waals surface area contributed by atoms with Gasteiger partial charge in [-0.1, -0.05) is 58.0 Å². The fraction of sp³-hybridized carbons (Fsp3) is 0. The van der Waals surface area contributed by atoms with Crippen LogP contribution in [0.4, 0.5) is 0 Å². The van der Waals surface area contributed by atoms with Gasteiger partial charge in [-0.3, -0.25) is 4.79 Å². The minimum absolute atomic E-state index is 0.0717. The molecular formula is C16H11BrN4OS. The number of allylic oxidation sites excluding steroid dienone is 1. The van der Waals surface area contributed by atoms with Gasteiger partial charge in [-0.25, -0.2) is 0 Å². The van der Waals surface area contributed by atoms with E-state index in [1.807, 2.05) is 42.5 Å². The molecule has 0 aliphatic rings. The quantitative estimate of drug-likeness (QED) is 0.377. The summed E-state index contributed by atoms with van der Waals surface area (Å²) in [6, 6.07) is 16.8. The highest BCUT2D eigenvalue weighted by molar-refractivity contribution is 9.10. The van der Waals surface area contributed by atoms with E-state index in [-0.39, 0.29) is 5.78 Å². The van der Waals surface area contributed by atoms with Crippen LogP contribution in [0.1, 0.15) is 10.4 Å². The number of halogens is 1. The van der Waals surface area contributed by atoms with Crippen LogP contribution in [0.25, 0.3) is 5.69 Å². The van der Waals surface area contributed by atoms with Crippen molar-refractivity contribution in [3.8, 4) is 5.69 Å². The van der Waals surface area contributed by atoms with E-state index >= 15 is 0 Å². The van der Waals surface area contributed by atoms with Gasteiger partial charge < -0.3 is 0 Å². The molecule has 0 saturated carbocycles. The van der Waals surface area contributed by atoms with E-state index < -0.39 is 0 Å². The minimum Gasteiger partial charge on any atom is -0.289 e. The maximum Gasteiger partial charge on any atom is 0.218 e. The molecule has 0 saturated heterocycles. The molecule has 0 N–H and O–H groups in total. The van der Waals surface area contributed by atoms with E-state index in [9.17, 15) is 4.79 Å². The molecule has 1 aromatic heterocycles. The number of para-hydroxylation sites is 1. The Labute approximate surface area is 145 Å². The lowest BCUT2D eigenvalue weighted by Crippen LogP contribution is -1.98. The van der Waals surface area contributed by atoms with Gasteiger partial charge in [-0.05, 0) is 46.2 Å². The Morgan fingerprint density at radius 3 is 2.74 bits per heavy atom. The zero-order chi connectivity index (χ0) is 16.1. The fourth-order valence-electron chi connectivity index (χ4n) is 1.88. The summed E-state index contributed by atoms with van der Waals surface area (Å²) in [5.74, 6) is -0.0717. The molecule has 7 heteroatoms. The number of hydrogen-bond donors (Lipinski definition) is 0. The van der Waals surface area contributed by atoms with Gasteiger partial charge in [-0.2, -0.15) is 4.68 Å². The van der Waals surface area contributed by atoms with Crippen molar-refractivity contribution in [2.75, 3.05) is 0 Å². The summed E-state index contributed by atoms with van der Waals surface area (Å²) in [6.45, 7) is 0. The molecule has 3 aromatic rings. The molecule has 0 radical (unpaired) electrons. The highest BCUT2D eigenvalue weighted by Gasteiger charge is 2.07. The van der Waals surface area contributed by atoms with Crippen molar-refractivity contribution >= 4 is 33.5 Å². The third kappa shape index (κ3) is 3.94. The Bertz CT molecular complexity index is 848. The lowest BCUT2D eigenvalue weighted by atomic mass is 10.1. The third-order valence-corrected chi connectivity index (χ3v) is 4.17. The first-order valence-electron chi connectivity index (χ1n) is 6.71. The van der Waals surface area contributed by atoms with E-state index in [1.165, 1.54) is 17.8 Å². The summed E-state index contributed by atoms with van der Waals surface area (Å²) < 4.78 is 2.50. The molecule has 0 spiro atoms. The van der Waals surface area contributed by atoms with Crippen molar-refractivity contribution in [1.82, 2.24) is 20.2 Å². The predicted molar refractivity (Wildman–Crippen MR) is 92.6 cm³/mol. The van der Waals surface area contributed by atoms with Crippen molar-refractivity contribution in [3.05, 3.63) is 76.1 Å². The highest BCUT2D eigenvalue weighted by atomic mass is 79.9. The molecule has 0 aliphatic heterocycles. The number of ketones is 1. The molecule has 0 unspecified atom stereocenters. The van der Waals surface area contributed by atoms with E-state index in [4.69, 9.17) is 0 Å². The maximum atomic E-state index is 12.1. The van der Waals surface area contributed by atoms with E-state index in [0.29, 0.717) is 10.7 Å². The van der Waals surface area contributed by atoms with Crippen LogP contribution >= 0.6 is 27.7 Å². The SMILES string of the molecule is O=C(C=CSc1nnnn1-c1ccccc1)c1cccc(Br)c1. The van der Waals surface area contributed by atoms with Gasteiger partial charge in [0.2, 0.25) is 5.16 Å². The van der Waals surface area contributed by atoms with Crippen LogP contribution in [0.3, 0.4) is 0 Å². The van der Waals surface area contributed by atoms with Crippen LogP contribution in [0.5, 0.6) is 0 Å². The normalized spacial score (nSPS) is 11.0. The largest absolute Gasteiger partial charge is 0.289 e. The Balaban J connectivity index is 1.72. The Hall–Kier alpha value is -2.25. The number of hydrogen-bond acceptors (Lipinski definition) is 5. The second-order valence-corrected chi connectivity index (χ2v) is 6.29. The number of tetrazole rings is 1. The summed E-state index contributed by atoms with van der Waals surface area (Å²) >= 11 is 4.64. The van der Waals surface area contributed by atoms with Crippen molar-refractivity contribution in [2.45, 2.75) is 5.16 Å². The van der Waals surface area contributed by atoms with Crippen molar-refractivity contribution in [1.29, 1.82) is 0 Å². The molecule has 0 aliphatic carbocycles. The number of carbonyl (C=O) groups is 1.